The van der Waals surface area contributed by atoms with E-state index in [1.54, 1.807) is 31.3 Å². The highest BCUT2D eigenvalue weighted by Gasteiger charge is 2.15. The Morgan fingerprint density at radius 2 is 2.03 bits per heavy atom. The van der Waals surface area contributed by atoms with E-state index < -0.39 is 0 Å². The first-order chi connectivity index (χ1) is 15.8. The van der Waals surface area contributed by atoms with Crippen LogP contribution in [0.2, 0.25) is 5.02 Å². The molecule has 1 aliphatic rings. The molecule has 2 heterocycles. The molecule has 1 amide bonds. The SMILES string of the molecule is C=C(C)C(=O)Nc1cccc(Nc2nc(NC(C=NC3CCN(C)CC3)=CN)ncc2Cl)c1. The van der Waals surface area contributed by atoms with Crippen LogP contribution in [0.5, 0.6) is 0 Å². The fourth-order valence-electron chi connectivity index (χ4n) is 3.14. The molecule has 0 radical (unpaired) electrons. The van der Waals surface area contributed by atoms with Crippen molar-refractivity contribution in [3.05, 3.63) is 59.5 Å². The van der Waals surface area contributed by atoms with Crippen molar-refractivity contribution in [2.75, 3.05) is 36.1 Å². The van der Waals surface area contributed by atoms with Crippen LogP contribution in [0, 0.1) is 0 Å². The highest BCUT2D eigenvalue weighted by molar-refractivity contribution is 6.32. The molecule has 3 rings (SSSR count). The van der Waals surface area contributed by atoms with E-state index in [4.69, 9.17) is 17.3 Å². The number of rotatable bonds is 8. The van der Waals surface area contributed by atoms with Gasteiger partial charge in [0.15, 0.2) is 5.82 Å². The van der Waals surface area contributed by atoms with Crippen LogP contribution in [0.1, 0.15) is 19.8 Å². The van der Waals surface area contributed by atoms with Gasteiger partial charge in [0.1, 0.15) is 5.02 Å². The molecule has 0 unspecified atom stereocenters. The average Bonchev–Trinajstić information content (AvgIpc) is 2.80. The van der Waals surface area contributed by atoms with Gasteiger partial charge in [-0.05, 0) is 58.1 Å². The van der Waals surface area contributed by atoms with Gasteiger partial charge in [0.2, 0.25) is 5.95 Å². The number of allylic oxidation sites excluding steroid dienone is 1. The number of nitrogens with two attached hydrogens (primary N) is 1. The van der Waals surface area contributed by atoms with Crippen molar-refractivity contribution in [2.24, 2.45) is 10.7 Å². The van der Waals surface area contributed by atoms with Gasteiger partial charge in [-0.1, -0.05) is 24.2 Å². The molecule has 174 valence electrons. The molecule has 0 saturated carbocycles. The predicted molar refractivity (Wildman–Crippen MR) is 135 cm³/mol. The summed E-state index contributed by atoms with van der Waals surface area (Å²) in [6.45, 7) is 7.35. The zero-order valence-electron chi connectivity index (χ0n) is 18.8. The molecule has 33 heavy (non-hydrogen) atoms. The maximum absolute atomic E-state index is 11.9. The van der Waals surface area contributed by atoms with Gasteiger partial charge < -0.3 is 26.6 Å². The third-order valence-corrected chi connectivity index (χ3v) is 5.34. The van der Waals surface area contributed by atoms with Crippen molar-refractivity contribution in [3.63, 3.8) is 0 Å². The van der Waals surface area contributed by atoms with Gasteiger partial charge in [0, 0.05) is 29.4 Å². The third kappa shape index (κ3) is 7.30. The fraction of sp³-hybridized carbons (Fsp3) is 0.304. The van der Waals surface area contributed by atoms with Gasteiger partial charge in [-0.25, -0.2) is 4.98 Å². The van der Waals surface area contributed by atoms with Crippen LogP contribution in [0.3, 0.4) is 0 Å². The Balaban J connectivity index is 1.68. The largest absolute Gasteiger partial charge is 0.403 e. The number of halogens is 1. The topological polar surface area (TPSA) is 121 Å². The third-order valence-electron chi connectivity index (χ3n) is 5.06. The standard InChI is InChI=1S/C23H29ClN8O/c1-15(2)22(33)29-18-6-4-5-17(11-18)28-21-20(24)14-27-23(31-21)30-19(12-25)13-26-16-7-9-32(3)10-8-16/h4-6,11-14,16H,1,7-10,25H2,2-3H3,(H,29,33)(H2,27,28,30,31). The van der Waals surface area contributed by atoms with E-state index in [9.17, 15) is 4.79 Å². The Morgan fingerprint density at radius 3 is 2.73 bits per heavy atom. The quantitative estimate of drug-likeness (QED) is 0.343. The first kappa shape index (κ1) is 24.2. The molecular weight excluding hydrogens is 440 g/mol. The molecule has 1 aromatic heterocycles. The number of amides is 1. The smallest absolute Gasteiger partial charge is 0.250 e. The van der Waals surface area contributed by atoms with Crippen molar-refractivity contribution in [2.45, 2.75) is 25.8 Å². The van der Waals surface area contributed by atoms with E-state index in [1.165, 1.54) is 12.4 Å². The van der Waals surface area contributed by atoms with Crippen LogP contribution in [0.15, 0.2) is 59.5 Å². The molecule has 1 aliphatic heterocycles. The number of hydrogen-bond acceptors (Lipinski definition) is 8. The average molecular weight is 469 g/mol. The minimum Gasteiger partial charge on any atom is -0.403 e. The number of hydrogen-bond donors (Lipinski definition) is 4. The van der Waals surface area contributed by atoms with Crippen LogP contribution in [-0.2, 0) is 4.79 Å². The van der Waals surface area contributed by atoms with Gasteiger partial charge in [-0.2, -0.15) is 4.98 Å². The summed E-state index contributed by atoms with van der Waals surface area (Å²) in [7, 11) is 2.12. The van der Waals surface area contributed by atoms with Crippen LogP contribution >= 0.6 is 11.6 Å². The number of likely N-dealkylation sites (tertiary alicyclic amines) is 1. The maximum Gasteiger partial charge on any atom is 0.250 e. The van der Waals surface area contributed by atoms with Crippen molar-refractivity contribution in [1.29, 1.82) is 0 Å². The molecule has 0 aliphatic carbocycles. The Kier molecular flexibility index (Phi) is 8.39. The molecule has 1 saturated heterocycles. The van der Waals surface area contributed by atoms with Crippen LogP contribution in [0.25, 0.3) is 0 Å². The molecule has 0 spiro atoms. The van der Waals surface area contributed by atoms with Crippen molar-refractivity contribution in [1.82, 2.24) is 14.9 Å². The highest BCUT2D eigenvalue weighted by Crippen LogP contribution is 2.25. The summed E-state index contributed by atoms with van der Waals surface area (Å²) in [6.07, 6.45) is 6.67. The number of nitrogens with zero attached hydrogens (tertiary/aromatic N) is 4. The summed E-state index contributed by atoms with van der Waals surface area (Å²) in [5, 5.41) is 9.34. The Morgan fingerprint density at radius 1 is 1.30 bits per heavy atom. The monoisotopic (exact) mass is 468 g/mol. The van der Waals surface area contributed by atoms with Crippen LogP contribution in [0.4, 0.5) is 23.1 Å². The molecule has 1 fully saturated rings. The number of piperidine rings is 1. The second-order valence-electron chi connectivity index (χ2n) is 7.89. The number of benzene rings is 1. The summed E-state index contributed by atoms with van der Waals surface area (Å²) in [5.74, 6) is 0.475. The lowest BCUT2D eigenvalue weighted by atomic mass is 10.1. The lowest BCUT2D eigenvalue weighted by Gasteiger charge is -2.26. The van der Waals surface area contributed by atoms with Gasteiger partial charge in [-0.3, -0.25) is 9.79 Å². The van der Waals surface area contributed by atoms with Gasteiger partial charge in [0.05, 0.1) is 17.9 Å². The predicted octanol–water partition coefficient (Wildman–Crippen LogP) is 3.77. The first-order valence-corrected chi connectivity index (χ1v) is 11.0. The molecule has 10 heteroatoms. The van der Waals surface area contributed by atoms with E-state index in [2.05, 4.69) is 49.4 Å². The van der Waals surface area contributed by atoms with E-state index in [-0.39, 0.29) is 11.9 Å². The van der Waals surface area contributed by atoms with Crippen molar-refractivity contribution >= 4 is 46.9 Å². The Labute approximate surface area is 198 Å². The van der Waals surface area contributed by atoms with Gasteiger partial charge in [-0.15, -0.1) is 0 Å². The lowest BCUT2D eigenvalue weighted by Crippen LogP contribution is -2.32. The Hall–Kier alpha value is -3.43. The molecule has 0 atom stereocenters. The lowest BCUT2D eigenvalue weighted by molar-refractivity contribution is -0.112. The van der Waals surface area contributed by atoms with Gasteiger partial charge >= 0.3 is 0 Å². The minimum absolute atomic E-state index is 0.248. The van der Waals surface area contributed by atoms with E-state index in [0.717, 1.165) is 25.9 Å². The first-order valence-electron chi connectivity index (χ1n) is 10.6. The number of aliphatic imine (C=N–C) groups is 1. The maximum atomic E-state index is 11.9. The number of carbonyl (C=O) groups is 1. The second-order valence-corrected chi connectivity index (χ2v) is 8.30. The van der Waals surface area contributed by atoms with Crippen LogP contribution in [-0.4, -0.2) is 53.2 Å². The normalized spacial score (nSPS) is 15.4. The summed E-state index contributed by atoms with van der Waals surface area (Å²) >= 11 is 6.29. The van der Waals surface area contributed by atoms with Crippen LogP contribution < -0.4 is 21.7 Å². The summed E-state index contributed by atoms with van der Waals surface area (Å²) in [4.78, 5) is 27.5. The summed E-state index contributed by atoms with van der Waals surface area (Å²) < 4.78 is 0. The van der Waals surface area contributed by atoms with Crippen molar-refractivity contribution in [3.8, 4) is 0 Å². The number of nitrogens with one attached hydrogen (secondary N) is 3. The fourth-order valence-corrected chi connectivity index (χ4v) is 3.28. The van der Waals surface area contributed by atoms with E-state index >= 15 is 0 Å². The Bertz CT molecular complexity index is 1060. The molecule has 1 aromatic carbocycles. The molecule has 2 aromatic rings. The second kappa shape index (κ2) is 11.4. The van der Waals surface area contributed by atoms with Gasteiger partial charge in [0.25, 0.3) is 5.91 Å². The molecule has 9 nitrogen and oxygen atoms in total. The van der Waals surface area contributed by atoms with Crippen molar-refractivity contribution < 1.29 is 4.79 Å². The molecular formula is C23H29ClN8O. The number of anilines is 4. The number of aromatic nitrogens is 2. The van der Waals surface area contributed by atoms with E-state index in [1.807, 2.05) is 6.07 Å². The molecule has 0 bridgehead atoms. The van der Waals surface area contributed by atoms with E-state index in [0.29, 0.717) is 39.4 Å². The highest BCUT2D eigenvalue weighted by atomic mass is 35.5. The number of carbonyl (C=O) groups excluding carboxylic acids is 1. The zero-order chi connectivity index (χ0) is 23.8. The molecule has 5 N–H and O–H groups in total. The zero-order valence-corrected chi connectivity index (χ0v) is 19.6. The summed E-state index contributed by atoms with van der Waals surface area (Å²) in [6, 6.07) is 7.47. The minimum atomic E-state index is -0.248. The summed E-state index contributed by atoms with van der Waals surface area (Å²) in [5.41, 5.74) is 8.09.